The van der Waals surface area contributed by atoms with Gasteiger partial charge in [0.15, 0.2) is 15.6 Å². The second-order valence-electron chi connectivity index (χ2n) is 7.92. The van der Waals surface area contributed by atoms with E-state index in [1.54, 1.807) is 91.1 Å². The normalized spacial score (nSPS) is 11.1. The van der Waals surface area contributed by atoms with E-state index < -0.39 is 9.84 Å². The van der Waals surface area contributed by atoms with E-state index in [-0.39, 0.29) is 23.0 Å². The van der Waals surface area contributed by atoms with Crippen LogP contribution in [0.4, 0.5) is 5.82 Å². The second kappa shape index (κ2) is 10.3. The zero-order chi connectivity index (χ0) is 25.0. The Morgan fingerprint density at radius 2 is 1.57 bits per heavy atom. The summed E-state index contributed by atoms with van der Waals surface area (Å²) in [6, 6.07) is 24.0. The van der Waals surface area contributed by atoms with E-state index in [9.17, 15) is 18.0 Å². The number of hydrogen-bond donors (Lipinski definition) is 1. The first-order valence-electron chi connectivity index (χ1n) is 10.7. The highest BCUT2D eigenvalue weighted by Crippen LogP contribution is 2.28. The summed E-state index contributed by atoms with van der Waals surface area (Å²) in [5.74, 6) is -0.102. The molecular formula is C27H21BrN2O4S. The minimum atomic E-state index is -3.40. The van der Waals surface area contributed by atoms with E-state index in [2.05, 4.69) is 26.2 Å². The number of sulfone groups is 1. The van der Waals surface area contributed by atoms with E-state index in [0.717, 1.165) is 4.47 Å². The Labute approximate surface area is 212 Å². The molecule has 0 aliphatic heterocycles. The summed E-state index contributed by atoms with van der Waals surface area (Å²) in [5.41, 5.74) is 2.74. The first-order valence-corrected chi connectivity index (χ1v) is 13.3. The molecule has 4 aromatic rings. The molecule has 176 valence electrons. The molecule has 1 N–H and O–H groups in total. The van der Waals surface area contributed by atoms with Gasteiger partial charge in [0.2, 0.25) is 0 Å². The SMILES string of the molecule is CS(=O)(=O)c1ccccc1-c1ccc(C(=O)Cc2ccccc2C(=O)Nc2ccc(Br)cn2)cc1. The molecule has 0 saturated heterocycles. The third-order valence-electron chi connectivity index (χ3n) is 5.39. The summed E-state index contributed by atoms with van der Waals surface area (Å²) in [4.78, 5) is 30.2. The van der Waals surface area contributed by atoms with Crippen molar-refractivity contribution in [3.05, 3.63) is 112 Å². The van der Waals surface area contributed by atoms with Crippen LogP contribution in [0.25, 0.3) is 11.1 Å². The number of aromatic nitrogens is 1. The zero-order valence-corrected chi connectivity index (χ0v) is 21.1. The summed E-state index contributed by atoms with van der Waals surface area (Å²) in [5, 5.41) is 2.75. The van der Waals surface area contributed by atoms with E-state index in [4.69, 9.17) is 0 Å². The van der Waals surface area contributed by atoms with Crippen LogP contribution >= 0.6 is 15.9 Å². The smallest absolute Gasteiger partial charge is 0.257 e. The quantitative estimate of drug-likeness (QED) is 0.304. The van der Waals surface area contributed by atoms with Gasteiger partial charge in [-0.05, 0) is 51.3 Å². The van der Waals surface area contributed by atoms with Gasteiger partial charge in [0.1, 0.15) is 5.82 Å². The maximum atomic E-state index is 13.0. The molecule has 6 nitrogen and oxygen atoms in total. The molecule has 1 aromatic heterocycles. The zero-order valence-electron chi connectivity index (χ0n) is 18.7. The van der Waals surface area contributed by atoms with Crippen LogP contribution < -0.4 is 5.32 Å². The lowest BCUT2D eigenvalue weighted by molar-refractivity contribution is 0.0992. The molecule has 1 heterocycles. The number of rotatable bonds is 7. The van der Waals surface area contributed by atoms with Gasteiger partial charge in [0.25, 0.3) is 5.91 Å². The van der Waals surface area contributed by atoms with Gasteiger partial charge in [-0.3, -0.25) is 9.59 Å². The van der Waals surface area contributed by atoms with E-state index >= 15 is 0 Å². The van der Waals surface area contributed by atoms with Crippen LogP contribution in [0, 0.1) is 0 Å². The fourth-order valence-electron chi connectivity index (χ4n) is 3.67. The number of benzene rings is 3. The number of carbonyl (C=O) groups is 2. The van der Waals surface area contributed by atoms with Gasteiger partial charge in [-0.1, -0.05) is 60.7 Å². The molecule has 35 heavy (non-hydrogen) atoms. The molecular weight excluding hydrogens is 528 g/mol. The fourth-order valence-corrected chi connectivity index (χ4v) is 4.81. The highest BCUT2D eigenvalue weighted by atomic mass is 79.9. The van der Waals surface area contributed by atoms with E-state index in [1.807, 2.05) is 0 Å². The Morgan fingerprint density at radius 3 is 2.26 bits per heavy atom. The second-order valence-corrected chi connectivity index (χ2v) is 10.8. The predicted octanol–water partition coefficient (Wildman–Crippen LogP) is 5.59. The molecule has 8 heteroatoms. The summed E-state index contributed by atoms with van der Waals surface area (Å²) >= 11 is 3.31. The number of Topliss-reactive ketones (excluding diaryl/α,β-unsaturated/α-hetero) is 1. The van der Waals surface area contributed by atoms with Crippen LogP contribution in [0.2, 0.25) is 0 Å². The topological polar surface area (TPSA) is 93.2 Å². The average Bonchev–Trinajstić information content (AvgIpc) is 2.85. The van der Waals surface area contributed by atoms with Crippen LogP contribution in [0.3, 0.4) is 0 Å². The van der Waals surface area contributed by atoms with Crippen molar-refractivity contribution in [2.24, 2.45) is 0 Å². The molecule has 0 unspecified atom stereocenters. The summed E-state index contributed by atoms with van der Waals surface area (Å²) < 4.78 is 25.1. The molecule has 1 amide bonds. The van der Waals surface area contributed by atoms with Crippen molar-refractivity contribution in [2.45, 2.75) is 11.3 Å². The Bertz CT molecular complexity index is 1500. The van der Waals surface area contributed by atoms with Crippen LogP contribution in [-0.4, -0.2) is 31.3 Å². The molecule has 4 rings (SSSR count). The molecule has 0 bridgehead atoms. The van der Waals surface area contributed by atoms with Gasteiger partial charge in [-0.25, -0.2) is 13.4 Å². The maximum absolute atomic E-state index is 13.0. The largest absolute Gasteiger partial charge is 0.307 e. The van der Waals surface area contributed by atoms with Gasteiger partial charge >= 0.3 is 0 Å². The molecule has 0 aliphatic rings. The highest BCUT2D eigenvalue weighted by Gasteiger charge is 2.17. The first-order chi connectivity index (χ1) is 16.7. The third-order valence-corrected chi connectivity index (χ3v) is 7.01. The maximum Gasteiger partial charge on any atom is 0.257 e. The van der Waals surface area contributed by atoms with Crippen LogP contribution in [0.5, 0.6) is 0 Å². The summed E-state index contributed by atoms with van der Waals surface area (Å²) in [6.45, 7) is 0. The van der Waals surface area contributed by atoms with Crippen molar-refractivity contribution >= 4 is 43.3 Å². The Morgan fingerprint density at radius 1 is 0.886 bits per heavy atom. The molecule has 3 aromatic carbocycles. The number of anilines is 1. The number of halogens is 1. The van der Waals surface area contributed by atoms with Crippen molar-refractivity contribution in [3.8, 4) is 11.1 Å². The Hall–Kier alpha value is -3.62. The molecule has 0 fully saturated rings. The number of hydrogen-bond acceptors (Lipinski definition) is 5. The van der Waals surface area contributed by atoms with E-state index in [0.29, 0.717) is 33.6 Å². The molecule has 0 spiro atoms. The molecule has 0 saturated carbocycles. The van der Waals surface area contributed by atoms with Gasteiger partial charge in [0.05, 0.1) is 4.90 Å². The molecule has 0 radical (unpaired) electrons. The number of ketones is 1. The van der Waals surface area contributed by atoms with Crippen molar-refractivity contribution in [1.82, 2.24) is 4.98 Å². The van der Waals surface area contributed by atoms with Gasteiger partial charge in [0, 0.05) is 40.0 Å². The minimum Gasteiger partial charge on any atom is -0.307 e. The number of pyridine rings is 1. The monoisotopic (exact) mass is 548 g/mol. The molecule has 0 aliphatic carbocycles. The lowest BCUT2D eigenvalue weighted by atomic mass is 9.96. The van der Waals surface area contributed by atoms with E-state index in [1.165, 1.54) is 6.26 Å². The fraction of sp³-hybridized carbons (Fsp3) is 0.0741. The number of amides is 1. The van der Waals surface area contributed by atoms with Crippen molar-refractivity contribution < 1.29 is 18.0 Å². The third kappa shape index (κ3) is 5.90. The van der Waals surface area contributed by atoms with Crippen molar-refractivity contribution in [1.29, 1.82) is 0 Å². The Balaban J connectivity index is 1.53. The lowest BCUT2D eigenvalue weighted by Crippen LogP contribution is -2.16. The van der Waals surface area contributed by atoms with Gasteiger partial charge in [-0.2, -0.15) is 0 Å². The number of nitrogens with zero attached hydrogens (tertiary/aromatic N) is 1. The van der Waals surface area contributed by atoms with Gasteiger partial charge < -0.3 is 5.32 Å². The highest BCUT2D eigenvalue weighted by molar-refractivity contribution is 9.10. The number of nitrogens with one attached hydrogen (secondary N) is 1. The van der Waals surface area contributed by atoms with Crippen LogP contribution in [-0.2, 0) is 16.3 Å². The van der Waals surface area contributed by atoms with Crippen LogP contribution in [0.15, 0.2) is 100 Å². The first kappa shape index (κ1) is 24.5. The summed E-state index contributed by atoms with van der Waals surface area (Å²) in [7, 11) is -3.40. The molecule has 0 atom stereocenters. The van der Waals surface area contributed by atoms with Gasteiger partial charge in [-0.15, -0.1) is 0 Å². The number of carbonyl (C=O) groups excluding carboxylic acids is 2. The van der Waals surface area contributed by atoms with Crippen molar-refractivity contribution in [2.75, 3.05) is 11.6 Å². The predicted molar refractivity (Wildman–Crippen MR) is 139 cm³/mol. The summed E-state index contributed by atoms with van der Waals surface area (Å²) in [6.07, 6.45) is 2.80. The van der Waals surface area contributed by atoms with Crippen LogP contribution in [0.1, 0.15) is 26.3 Å². The standard InChI is InChI=1S/C27H21BrN2O4S/c1-35(33,34)25-9-5-4-7-22(25)18-10-12-19(13-11-18)24(31)16-20-6-2-3-8-23(20)27(32)30-26-15-14-21(28)17-29-26/h2-15,17H,16H2,1H3,(H,29,30,32). The average molecular weight is 549 g/mol. The lowest BCUT2D eigenvalue weighted by Gasteiger charge is -2.11. The Kier molecular flexibility index (Phi) is 7.23. The van der Waals surface area contributed by atoms with Crippen molar-refractivity contribution in [3.63, 3.8) is 0 Å². The minimum absolute atomic E-state index is 0.0383.